The molecule has 1 N–H and O–H groups in total. The predicted octanol–water partition coefficient (Wildman–Crippen LogP) is 2.94. The van der Waals surface area contributed by atoms with Crippen molar-refractivity contribution >= 4 is 0 Å². The third-order valence-corrected chi connectivity index (χ3v) is 2.59. The number of phenolic OH excluding ortho intramolecular Hbond substituents is 1. The predicted molar refractivity (Wildman–Crippen MR) is 59.9 cm³/mol. The Morgan fingerprint density at radius 3 is 2.60 bits per heavy atom. The van der Waals surface area contributed by atoms with E-state index in [0.29, 0.717) is 5.75 Å². The summed E-state index contributed by atoms with van der Waals surface area (Å²) in [6, 6.07) is 11.3. The summed E-state index contributed by atoms with van der Waals surface area (Å²) < 4.78 is 0. The highest BCUT2D eigenvalue weighted by Gasteiger charge is 2.11. The van der Waals surface area contributed by atoms with Crippen LogP contribution in [0.4, 0.5) is 0 Å². The molecule has 2 nitrogen and oxygen atoms in total. The zero-order chi connectivity index (χ0) is 10.7. The molecule has 15 heavy (non-hydrogen) atoms. The summed E-state index contributed by atoms with van der Waals surface area (Å²) in [5, 5.41) is 9.72. The van der Waals surface area contributed by atoms with Crippen LogP contribution in [0.25, 0.3) is 0 Å². The van der Waals surface area contributed by atoms with E-state index in [1.165, 1.54) is 0 Å². The average molecular weight is 199 g/mol. The van der Waals surface area contributed by atoms with E-state index in [1.54, 1.807) is 12.3 Å². The SMILES string of the molecule is C[C@@H](c1cccnc1)c1ccccc1O. The van der Waals surface area contributed by atoms with E-state index in [-0.39, 0.29) is 5.92 Å². The molecular formula is C13H13NO. The van der Waals surface area contributed by atoms with E-state index in [2.05, 4.69) is 11.9 Å². The maximum atomic E-state index is 9.72. The van der Waals surface area contributed by atoms with Gasteiger partial charge in [0.1, 0.15) is 5.75 Å². The molecule has 1 aromatic carbocycles. The van der Waals surface area contributed by atoms with Crippen molar-refractivity contribution in [2.24, 2.45) is 0 Å². The van der Waals surface area contributed by atoms with Crippen molar-refractivity contribution in [3.63, 3.8) is 0 Å². The molecule has 0 unspecified atom stereocenters. The molecular weight excluding hydrogens is 186 g/mol. The summed E-state index contributed by atoms with van der Waals surface area (Å²) in [6.45, 7) is 2.06. The van der Waals surface area contributed by atoms with Gasteiger partial charge < -0.3 is 5.11 Å². The molecule has 0 radical (unpaired) electrons. The molecule has 0 amide bonds. The van der Waals surface area contributed by atoms with Gasteiger partial charge in [0.05, 0.1) is 0 Å². The second-order valence-electron chi connectivity index (χ2n) is 3.57. The van der Waals surface area contributed by atoms with Crippen LogP contribution >= 0.6 is 0 Å². The number of pyridine rings is 1. The Morgan fingerprint density at radius 2 is 1.93 bits per heavy atom. The molecule has 76 valence electrons. The minimum atomic E-state index is 0.167. The molecule has 0 aliphatic rings. The average Bonchev–Trinajstić information content (AvgIpc) is 2.30. The quantitative estimate of drug-likeness (QED) is 0.806. The van der Waals surface area contributed by atoms with Crippen molar-refractivity contribution < 1.29 is 5.11 Å². The van der Waals surface area contributed by atoms with Gasteiger partial charge in [0.25, 0.3) is 0 Å². The van der Waals surface area contributed by atoms with Crippen LogP contribution in [0.3, 0.4) is 0 Å². The number of nitrogens with zero attached hydrogens (tertiary/aromatic N) is 1. The third-order valence-electron chi connectivity index (χ3n) is 2.59. The van der Waals surface area contributed by atoms with E-state index < -0.39 is 0 Å². The molecule has 0 bridgehead atoms. The zero-order valence-electron chi connectivity index (χ0n) is 8.59. The van der Waals surface area contributed by atoms with Crippen molar-refractivity contribution in [3.8, 4) is 5.75 Å². The van der Waals surface area contributed by atoms with Gasteiger partial charge in [0.2, 0.25) is 0 Å². The van der Waals surface area contributed by atoms with Gasteiger partial charge in [0, 0.05) is 23.9 Å². The number of benzene rings is 1. The fraction of sp³-hybridized carbons (Fsp3) is 0.154. The normalized spacial score (nSPS) is 12.3. The largest absolute Gasteiger partial charge is 0.508 e. The molecule has 1 heterocycles. The van der Waals surface area contributed by atoms with Crippen molar-refractivity contribution in [1.82, 2.24) is 4.98 Å². The van der Waals surface area contributed by atoms with Gasteiger partial charge in [-0.15, -0.1) is 0 Å². The van der Waals surface area contributed by atoms with Crippen LogP contribution in [0.15, 0.2) is 48.8 Å². The van der Waals surface area contributed by atoms with Gasteiger partial charge >= 0.3 is 0 Å². The molecule has 0 saturated heterocycles. The minimum Gasteiger partial charge on any atom is -0.508 e. The van der Waals surface area contributed by atoms with Crippen LogP contribution in [-0.2, 0) is 0 Å². The number of para-hydroxylation sites is 1. The second kappa shape index (κ2) is 4.13. The van der Waals surface area contributed by atoms with Crippen molar-refractivity contribution in [2.45, 2.75) is 12.8 Å². The Bertz CT molecular complexity index is 439. The Morgan fingerprint density at radius 1 is 1.13 bits per heavy atom. The number of hydrogen-bond acceptors (Lipinski definition) is 2. The lowest BCUT2D eigenvalue weighted by molar-refractivity contribution is 0.466. The van der Waals surface area contributed by atoms with E-state index >= 15 is 0 Å². The maximum Gasteiger partial charge on any atom is 0.119 e. The van der Waals surface area contributed by atoms with Crippen molar-refractivity contribution in [2.75, 3.05) is 0 Å². The summed E-state index contributed by atoms with van der Waals surface area (Å²) in [6.07, 6.45) is 3.58. The highest BCUT2D eigenvalue weighted by Crippen LogP contribution is 2.29. The number of hydrogen-bond donors (Lipinski definition) is 1. The van der Waals surface area contributed by atoms with E-state index in [9.17, 15) is 5.11 Å². The van der Waals surface area contributed by atoms with Gasteiger partial charge in [-0.25, -0.2) is 0 Å². The van der Waals surface area contributed by atoms with Crippen LogP contribution < -0.4 is 0 Å². The van der Waals surface area contributed by atoms with Crippen molar-refractivity contribution in [3.05, 3.63) is 59.9 Å². The smallest absolute Gasteiger partial charge is 0.119 e. The maximum absolute atomic E-state index is 9.72. The van der Waals surface area contributed by atoms with Gasteiger partial charge in [-0.1, -0.05) is 31.2 Å². The van der Waals surface area contributed by atoms with Crippen LogP contribution in [-0.4, -0.2) is 10.1 Å². The first-order chi connectivity index (χ1) is 7.29. The number of aromatic nitrogens is 1. The van der Waals surface area contributed by atoms with Crippen molar-refractivity contribution in [1.29, 1.82) is 0 Å². The molecule has 0 spiro atoms. The van der Waals surface area contributed by atoms with Crippen LogP contribution in [0.5, 0.6) is 5.75 Å². The Labute approximate surface area is 89.2 Å². The van der Waals surface area contributed by atoms with Gasteiger partial charge in [-0.2, -0.15) is 0 Å². The Balaban J connectivity index is 2.37. The van der Waals surface area contributed by atoms with Crippen LogP contribution in [0.1, 0.15) is 24.0 Å². The summed E-state index contributed by atoms with van der Waals surface area (Å²) in [5.74, 6) is 0.508. The van der Waals surface area contributed by atoms with Crippen LogP contribution in [0.2, 0.25) is 0 Å². The molecule has 0 saturated carbocycles. The monoisotopic (exact) mass is 199 g/mol. The van der Waals surface area contributed by atoms with E-state index in [4.69, 9.17) is 0 Å². The lowest BCUT2D eigenvalue weighted by Crippen LogP contribution is -1.96. The zero-order valence-corrected chi connectivity index (χ0v) is 8.59. The summed E-state index contributed by atoms with van der Waals surface area (Å²) in [7, 11) is 0. The first-order valence-corrected chi connectivity index (χ1v) is 4.97. The second-order valence-corrected chi connectivity index (χ2v) is 3.57. The number of aromatic hydroxyl groups is 1. The van der Waals surface area contributed by atoms with Gasteiger partial charge in [-0.3, -0.25) is 4.98 Å². The highest BCUT2D eigenvalue weighted by atomic mass is 16.3. The summed E-state index contributed by atoms with van der Waals surface area (Å²) in [5.41, 5.74) is 2.05. The Hall–Kier alpha value is -1.83. The topological polar surface area (TPSA) is 33.1 Å². The number of rotatable bonds is 2. The molecule has 0 aliphatic heterocycles. The van der Waals surface area contributed by atoms with Gasteiger partial charge in [-0.05, 0) is 17.7 Å². The van der Waals surface area contributed by atoms with E-state index in [1.807, 2.05) is 36.5 Å². The minimum absolute atomic E-state index is 0.167. The lowest BCUT2D eigenvalue weighted by atomic mass is 9.94. The van der Waals surface area contributed by atoms with Gasteiger partial charge in [0.15, 0.2) is 0 Å². The summed E-state index contributed by atoms with van der Waals surface area (Å²) >= 11 is 0. The lowest BCUT2D eigenvalue weighted by Gasteiger charge is -2.13. The van der Waals surface area contributed by atoms with E-state index in [0.717, 1.165) is 11.1 Å². The molecule has 2 heteroatoms. The molecule has 0 aliphatic carbocycles. The molecule has 1 aromatic heterocycles. The first-order valence-electron chi connectivity index (χ1n) is 4.97. The molecule has 0 fully saturated rings. The number of phenols is 1. The summed E-state index contributed by atoms with van der Waals surface area (Å²) in [4.78, 5) is 4.08. The fourth-order valence-electron chi connectivity index (χ4n) is 1.67. The highest BCUT2D eigenvalue weighted by molar-refractivity contribution is 5.39. The third kappa shape index (κ3) is 1.99. The van der Waals surface area contributed by atoms with Crippen LogP contribution in [0, 0.1) is 0 Å². The standard InChI is InChI=1S/C13H13NO/c1-10(11-5-4-8-14-9-11)12-6-2-3-7-13(12)15/h2-10,15H,1H3/t10-/m0/s1. The molecule has 2 aromatic rings. The first kappa shape index (κ1) is 9.71. The fourth-order valence-corrected chi connectivity index (χ4v) is 1.67. The molecule has 1 atom stereocenters. The Kier molecular flexibility index (Phi) is 2.68. The molecule has 2 rings (SSSR count).